The zero-order valence-electron chi connectivity index (χ0n) is 20.0. The summed E-state index contributed by atoms with van der Waals surface area (Å²) in [6, 6.07) is 2.03. The molecule has 0 aromatic heterocycles. The third-order valence-corrected chi connectivity index (χ3v) is 8.56. The van der Waals surface area contributed by atoms with Crippen molar-refractivity contribution >= 4 is 29.3 Å². The van der Waals surface area contributed by atoms with Gasteiger partial charge in [-0.25, -0.2) is 8.78 Å². The lowest BCUT2D eigenvalue weighted by Crippen LogP contribution is -2.65. The monoisotopic (exact) mass is 550 g/mol. The number of carbonyl (C=O) groups excluding carboxylic acids is 1. The highest BCUT2D eigenvalue weighted by Gasteiger charge is 2.49. The highest BCUT2D eigenvalue weighted by atomic mass is 35.5. The molecule has 5 N–H and O–H groups in total. The number of carbonyl (C=O) groups is 1. The van der Waals surface area contributed by atoms with Crippen LogP contribution in [-0.2, 0) is 14.3 Å². The summed E-state index contributed by atoms with van der Waals surface area (Å²) < 4.78 is 39.6. The highest BCUT2D eigenvalue weighted by Crippen LogP contribution is 2.37. The first-order valence-electron chi connectivity index (χ1n) is 12.1. The number of rotatable bonds is 6. The average Bonchev–Trinajstić information content (AvgIpc) is 3.11. The van der Waals surface area contributed by atoms with Crippen molar-refractivity contribution < 1.29 is 38.4 Å². The summed E-state index contributed by atoms with van der Waals surface area (Å²) in [5, 5.41) is 36.4. The molecule has 3 fully saturated rings. The Kier molecular flexibility index (Phi) is 9.15. The summed E-state index contributed by atoms with van der Waals surface area (Å²) in [4.78, 5) is 13.3. The first-order chi connectivity index (χ1) is 17.1. The molecule has 8 nitrogen and oxygen atoms in total. The molecule has 1 aromatic carbocycles. The van der Waals surface area contributed by atoms with Crippen molar-refractivity contribution in [1.82, 2.24) is 10.6 Å². The normalized spacial score (nSPS) is 38.6. The van der Waals surface area contributed by atoms with E-state index in [-0.39, 0.29) is 11.8 Å². The van der Waals surface area contributed by atoms with Crippen LogP contribution in [0.1, 0.15) is 31.2 Å². The summed E-state index contributed by atoms with van der Waals surface area (Å²) in [7, 11) is 0. The molecule has 202 valence electrons. The maximum absolute atomic E-state index is 14.4. The van der Waals surface area contributed by atoms with Crippen LogP contribution in [-0.4, -0.2) is 94.1 Å². The fourth-order valence-electron chi connectivity index (χ4n) is 5.50. The molecular formula is C24H33ClF2N2O6S. The minimum atomic E-state index is -1.46. The predicted octanol–water partition coefficient (Wildman–Crippen LogP) is 1.10. The van der Waals surface area contributed by atoms with E-state index in [0.717, 1.165) is 6.07 Å². The maximum atomic E-state index is 14.4. The molecule has 3 aliphatic rings. The number of aliphatic hydroxyl groups is 3. The fraction of sp³-hybridized carbons (Fsp3) is 0.708. The van der Waals surface area contributed by atoms with Gasteiger partial charge in [-0.1, -0.05) is 6.07 Å². The molecule has 3 heterocycles. The zero-order chi connectivity index (χ0) is 26.1. The van der Waals surface area contributed by atoms with Gasteiger partial charge in [-0.05, 0) is 43.6 Å². The Labute approximate surface area is 218 Å². The lowest BCUT2D eigenvalue weighted by Gasteiger charge is -2.44. The number of nitrogens with one attached hydrogen (secondary N) is 2. The van der Waals surface area contributed by atoms with Gasteiger partial charge in [-0.2, -0.15) is 0 Å². The van der Waals surface area contributed by atoms with E-state index >= 15 is 0 Å². The first kappa shape index (κ1) is 28.0. The minimum Gasteiger partial charge on any atom is -0.388 e. The van der Waals surface area contributed by atoms with E-state index in [1.165, 1.54) is 23.9 Å². The zero-order valence-corrected chi connectivity index (χ0v) is 21.6. The van der Waals surface area contributed by atoms with Crippen LogP contribution in [0.25, 0.3) is 0 Å². The van der Waals surface area contributed by atoms with Crippen LogP contribution in [0.5, 0.6) is 0 Å². The molecule has 36 heavy (non-hydrogen) atoms. The van der Waals surface area contributed by atoms with Gasteiger partial charge in [0.1, 0.15) is 47.5 Å². The van der Waals surface area contributed by atoms with Gasteiger partial charge in [0.25, 0.3) is 0 Å². The third-order valence-electron chi connectivity index (χ3n) is 7.44. The lowest BCUT2D eigenvalue weighted by atomic mass is 9.85. The van der Waals surface area contributed by atoms with Crippen LogP contribution in [0, 0.1) is 17.6 Å². The van der Waals surface area contributed by atoms with Crippen molar-refractivity contribution in [3.05, 3.63) is 35.4 Å². The highest BCUT2D eigenvalue weighted by molar-refractivity contribution is 7.99. The standard InChI is InChI=1S/C24H33ClF2N2O6S/c1-10(25)16(22-19(31)18(30)20(32)24(35-22)36-2)29-23(33)17-21-12(9-28-17)7-11(5-6-34-21)14-4-3-13(26)8-15(14)27/h3-4,8,10-12,16-22,24,28,30-32H,5-7,9H2,1-2H3,(H,29,33)/t10-,11-,12-,16+,17-,18?,19?,20+,21+,22+,24?/m0/s1. The number of thioether (sulfide) groups is 1. The van der Waals surface area contributed by atoms with Gasteiger partial charge >= 0.3 is 0 Å². The number of hydrogen-bond acceptors (Lipinski definition) is 8. The Morgan fingerprint density at radius 2 is 2.00 bits per heavy atom. The number of alkyl halides is 1. The molecule has 0 radical (unpaired) electrons. The van der Waals surface area contributed by atoms with E-state index in [0.29, 0.717) is 31.6 Å². The molecule has 0 saturated carbocycles. The second-order valence-electron chi connectivity index (χ2n) is 9.76. The van der Waals surface area contributed by atoms with Gasteiger partial charge < -0.3 is 35.4 Å². The summed E-state index contributed by atoms with van der Waals surface area (Å²) in [6.45, 7) is 2.43. The topological polar surface area (TPSA) is 120 Å². The van der Waals surface area contributed by atoms with Crippen molar-refractivity contribution in [2.45, 2.75) is 79.1 Å². The Balaban J connectivity index is 1.45. The molecule has 0 spiro atoms. The van der Waals surface area contributed by atoms with Gasteiger partial charge in [0.05, 0.1) is 17.5 Å². The molecule has 3 aliphatic heterocycles. The molecule has 0 aliphatic carbocycles. The van der Waals surface area contributed by atoms with Gasteiger partial charge in [0, 0.05) is 25.1 Å². The molecule has 3 unspecified atom stereocenters. The number of halogens is 3. The molecule has 0 bridgehead atoms. The van der Waals surface area contributed by atoms with E-state index in [1.807, 2.05) is 0 Å². The van der Waals surface area contributed by atoms with Gasteiger partial charge in [-0.15, -0.1) is 23.4 Å². The fourth-order valence-corrected chi connectivity index (χ4v) is 6.38. The smallest absolute Gasteiger partial charge is 0.240 e. The third kappa shape index (κ3) is 5.68. The van der Waals surface area contributed by atoms with Crippen molar-refractivity contribution in [2.75, 3.05) is 19.4 Å². The predicted molar refractivity (Wildman–Crippen MR) is 131 cm³/mol. The van der Waals surface area contributed by atoms with Crippen molar-refractivity contribution in [3.63, 3.8) is 0 Å². The summed E-state index contributed by atoms with van der Waals surface area (Å²) in [5.74, 6) is -1.84. The Morgan fingerprint density at radius 3 is 2.67 bits per heavy atom. The quantitative estimate of drug-likeness (QED) is 0.334. The Morgan fingerprint density at radius 1 is 1.25 bits per heavy atom. The van der Waals surface area contributed by atoms with Gasteiger partial charge in [0.2, 0.25) is 5.91 Å². The number of ether oxygens (including phenoxy) is 2. The van der Waals surface area contributed by atoms with Crippen LogP contribution in [0.15, 0.2) is 18.2 Å². The maximum Gasteiger partial charge on any atom is 0.240 e. The molecule has 4 rings (SSSR count). The summed E-state index contributed by atoms with van der Waals surface area (Å²) in [5.41, 5.74) is -0.358. The van der Waals surface area contributed by atoms with Crippen molar-refractivity contribution in [3.8, 4) is 0 Å². The number of benzene rings is 1. The molecule has 12 heteroatoms. The van der Waals surface area contributed by atoms with Crippen LogP contribution in [0.2, 0.25) is 0 Å². The Bertz CT molecular complexity index is 931. The van der Waals surface area contributed by atoms with Crippen LogP contribution in [0.4, 0.5) is 8.78 Å². The Hall–Kier alpha value is -1.05. The van der Waals surface area contributed by atoms with Crippen LogP contribution in [0.3, 0.4) is 0 Å². The molecule has 1 amide bonds. The average molecular weight is 551 g/mol. The first-order valence-corrected chi connectivity index (χ1v) is 13.8. The molecule has 3 saturated heterocycles. The van der Waals surface area contributed by atoms with E-state index in [1.54, 1.807) is 13.2 Å². The molecular weight excluding hydrogens is 518 g/mol. The summed E-state index contributed by atoms with van der Waals surface area (Å²) >= 11 is 7.55. The van der Waals surface area contributed by atoms with Crippen molar-refractivity contribution in [2.24, 2.45) is 5.92 Å². The second kappa shape index (κ2) is 11.8. The van der Waals surface area contributed by atoms with Crippen LogP contribution >= 0.6 is 23.4 Å². The number of fused-ring (bicyclic) bond motifs is 1. The van der Waals surface area contributed by atoms with Gasteiger partial charge in [-0.3, -0.25) is 4.79 Å². The van der Waals surface area contributed by atoms with Crippen LogP contribution < -0.4 is 10.6 Å². The van der Waals surface area contributed by atoms with E-state index in [4.69, 9.17) is 21.1 Å². The van der Waals surface area contributed by atoms with E-state index in [2.05, 4.69) is 10.6 Å². The SMILES string of the molecule is CSC1O[C@H]([C@H](NC(=O)[C@H]2NC[C@@H]3C[C@@H](c4ccc(F)cc4F)CCO[C@H]32)[C@H](C)Cl)C(O)C(O)[C@H]1O. The van der Waals surface area contributed by atoms with E-state index < -0.39 is 71.0 Å². The number of aliphatic hydroxyl groups excluding tert-OH is 3. The molecule has 11 atom stereocenters. The largest absolute Gasteiger partial charge is 0.388 e. The number of hydrogen-bond donors (Lipinski definition) is 5. The minimum absolute atomic E-state index is 0.0704. The summed E-state index contributed by atoms with van der Waals surface area (Å²) in [6.07, 6.45) is -2.90. The van der Waals surface area contributed by atoms with Crippen molar-refractivity contribution in [1.29, 1.82) is 0 Å². The number of amides is 1. The lowest BCUT2D eigenvalue weighted by molar-refractivity contribution is -0.205. The second-order valence-corrected chi connectivity index (χ2v) is 11.4. The van der Waals surface area contributed by atoms with Gasteiger partial charge in [0.15, 0.2) is 0 Å². The molecule has 1 aromatic rings. The van der Waals surface area contributed by atoms with E-state index in [9.17, 15) is 28.9 Å².